The van der Waals surface area contributed by atoms with E-state index >= 15 is 0 Å². The van der Waals surface area contributed by atoms with E-state index in [4.69, 9.17) is 18.9 Å². The summed E-state index contributed by atoms with van der Waals surface area (Å²) in [5.74, 6) is 4.58. The van der Waals surface area contributed by atoms with E-state index in [9.17, 15) is 9.59 Å². The summed E-state index contributed by atoms with van der Waals surface area (Å²) in [6.07, 6.45) is 1.47. The first-order valence-corrected chi connectivity index (χ1v) is 6.18. The fraction of sp³-hybridized carbons (Fsp3) is 0.571. The van der Waals surface area contributed by atoms with Crippen LogP contribution in [-0.2, 0) is 28.5 Å². The first-order valence-electron chi connectivity index (χ1n) is 6.18. The van der Waals surface area contributed by atoms with Crippen molar-refractivity contribution in [3.63, 3.8) is 0 Å². The zero-order valence-corrected chi connectivity index (χ0v) is 11.8. The largest absolute Gasteiger partial charge is 0.463 e. The van der Waals surface area contributed by atoms with Gasteiger partial charge in [-0.05, 0) is 19.1 Å². The van der Waals surface area contributed by atoms with Crippen LogP contribution in [0.4, 0.5) is 0 Å². The Morgan fingerprint density at radius 1 is 1.25 bits per heavy atom. The zero-order chi connectivity index (χ0) is 15.0. The number of rotatable bonds is 5. The molecule has 1 aliphatic rings. The molecule has 0 aromatic rings. The molecule has 3 atom stereocenters. The topological polar surface area (TPSA) is 71.1 Å². The van der Waals surface area contributed by atoms with Crippen LogP contribution in [0.2, 0.25) is 0 Å². The van der Waals surface area contributed by atoms with Gasteiger partial charge in [0.25, 0.3) is 0 Å². The fourth-order valence-electron chi connectivity index (χ4n) is 1.55. The molecule has 0 saturated carbocycles. The monoisotopic (exact) mass is 282 g/mol. The Kier molecular flexibility index (Phi) is 6.77. The van der Waals surface area contributed by atoms with E-state index in [1.807, 2.05) is 0 Å². The van der Waals surface area contributed by atoms with E-state index in [1.165, 1.54) is 13.8 Å². The Morgan fingerprint density at radius 3 is 2.60 bits per heavy atom. The normalized spacial score (nSPS) is 24.4. The number of esters is 2. The quantitative estimate of drug-likeness (QED) is 0.422. The minimum Gasteiger partial charge on any atom is -0.463 e. The molecule has 0 spiro atoms. The van der Waals surface area contributed by atoms with Crippen LogP contribution in [0.25, 0.3) is 0 Å². The molecule has 110 valence electrons. The Bertz CT molecular complexity index is 431. The molecule has 1 aliphatic heterocycles. The lowest BCUT2D eigenvalue weighted by Gasteiger charge is -2.30. The average Bonchev–Trinajstić information content (AvgIpc) is 2.38. The van der Waals surface area contributed by atoms with Crippen molar-refractivity contribution < 1.29 is 28.5 Å². The SMILES string of the molecule is CC#CCO[C@@H]1C=C[C@H](OC(C)=O)C(COC(C)=O)O1. The summed E-state index contributed by atoms with van der Waals surface area (Å²) in [6.45, 7) is 4.52. The van der Waals surface area contributed by atoms with Crippen LogP contribution in [-0.4, -0.2) is 43.7 Å². The molecule has 0 saturated heterocycles. The third-order valence-electron chi connectivity index (χ3n) is 2.38. The van der Waals surface area contributed by atoms with Crippen molar-refractivity contribution in [2.45, 2.75) is 39.3 Å². The summed E-state index contributed by atoms with van der Waals surface area (Å²) in [4.78, 5) is 21.9. The van der Waals surface area contributed by atoms with Gasteiger partial charge in [-0.15, -0.1) is 5.92 Å². The summed E-state index contributed by atoms with van der Waals surface area (Å²) in [7, 11) is 0. The van der Waals surface area contributed by atoms with Crippen LogP contribution >= 0.6 is 0 Å². The van der Waals surface area contributed by atoms with Crippen molar-refractivity contribution in [1.82, 2.24) is 0 Å². The van der Waals surface area contributed by atoms with E-state index in [0.29, 0.717) is 0 Å². The van der Waals surface area contributed by atoms with Gasteiger partial charge in [-0.1, -0.05) is 5.92 Å². The Balaban J connectivity index is 2.62. The maximum atomic E-state index is 11.0. The van der Waals surface area contributed by atoms with E-state index < -0.39 is 30.4 Å². The van der Waals surface area contributed by atoms with Gasteiger partial charge in [-0.3, -0.25) is 9.59 Å². The number of carbonyl (C=O) groups excluding carboxylic acids is 2. The molecule has 20 heavy (non-hydrogen) atoms. The average molecular weight is 282 g/mol. The van der Waals surface area contributed by atoms with Gasteiger partial charge in [0.1, 0.15) is 25.4 Å². The van der Waals surface area contributed by atoms with Crippen molar-refractivity contribution in [1.29, 1.82) is 0 Å². The molecule has 6 heteroatoms. The van der Waals surface area contributed by atoms with Crippen molar-refractivity contribution in [3.05, 3.63) is 12.2 Å². The highest BCUT2D eigenvalue weighted by Crippen LogP contribution is 2.17. The Labute approximate surface area is 118 Å². The molecule has 1 rings (SSSR count). The summed E-state index contributed by atoms with van der Waals surface area (Å²) >= 11 is 0. The maximum Gasteiger partial charge on any atom is 0.303 e. The molecular weight excluding hydrogens is 264 g/mol. The van der Waals surface area contributed by atoms with Crippen LogP contribution in [0.3, 0.4) is 0 Å². The molecular formula is C14H18O6. The van der Waals surface area contributed by atoms with Crippen LogP contribution in [0.1, 0.15) is 20.8 Å². The van der Waals surface area contributed by atoms with Gasteiger partial charge < -0.3 is 18.9 Å². The van der Waals surface area contributed by atoms with Gasteiger partial charge in [0.05, 0.1) is 0 Å². The molecule has 1 heterocycles. The number of ether oxygens (including phenoxy) is 4. The second-order valence-corrected chi connectivity index (χ2v) is 4.04. The van der Waals surface area contributed by atoms with Crippen molar-refractivity contribution >= 4 is 11.9 Å². The first-order chi connectivity index (χ1) is 9.52. The number of hydrogen-bond donors (Lipinski definition) is 0. The smallest absolute Gasteiger partial charge is 0.303 e. The lowest BCUT2D eigenvalue weighted by Crippen LogP contribution is -2.42. The first kappa shape index (κ1) is 16.2. The predicted molar refractivity (Wildman–Crippen MR) is 69.4 cm³/mol. The predicted octanol–water partition coefficient (Wildman–Crippen LogP) is 0.802. The summed E-state index contributed by atoms with van der Waals surface area (Å²) < 4.78 is 20.9. The van der Waals surface area contributed by atoms with Crippen molar-refractivity contribution in [3.8, 4) is 11.8 Å². The molecule has 0 radical (unpaired) electrons. The second-order valence-electron chi connectivity index (χ2n) is 4.04. The standard InChI is InChI=1S/C14H18O6/c1-4-5-8-17-14-7-6-12(19-11(3)16)13(20-14)9-18-10(2)15/h6-7,12-14H,8-9H2,1-3H3/t12-,13?,14-/m0/s1. The minimum absolute atomic E-state index is 0.0169. The van der Waals surface area contributed by atoms with Gasteiger partial charge in [0.2, 0.25) is 0 Å². The van der Waals surface area contributed by atoms with Crippen LogP contribution < -0.4 is 0 Å². The highest BCUT2D eigenvalue weighted by Gasteiger charge is 2.30. The van der Waals surface area contributed by atoms with Gasteiger partial charge in [-0.25, -0.2) is 0 Å². The number of carbonyl (C=O) groups is 2. The molecule has 0 aromatic carbocycles. The lowest BCUT2D eigenvalue weighted by atomic mass is 10.1. The van der Waals surface area contributed by atoms with Gasteiger partial charge in [0.15, 0.2) is 6.29 Å². The highest BCUT2D eigenvalue weighted by atomic mass is 16.7. The summed E-state index contributed by atoms with van der Waals surface area (Å²) in [6, 6.07) is 0. The van der Waals surface area contributed by atoms with Crippen LogP contribution in [0.15, 0.2) is 12.2 Å². The lowest BCUT2D eigenvalue weighted by molar-refractivity contribution is -0.193. The summed E-state index contributed by atoms with van der Waals surface area (Å²) in [5, 5.41) is 0. The van der Waals surface area contributed by atoms with E-state index in [1.54, 1.807) is 19.1 Å². The van der Waals surface area contributed by atoms with Gasteiger partial charge >= 0.3 is 11.9 Å². The minimum atomic E-state index is -0.608. The third kappa shape index (κ3) is 5.87. The van der Waals surface area contributed by atoms with Gasteiger partial charge in [-0.2, -0.15) is 0 Å². The zero-order valence-electron chi connectivity index (χ0n) is 11.8. The molecule has 0 N–H and O–H groups in total. The van der Waals surface area contributed by atoms with E-state index in [2.05, 4.69) is 11.8 Å². The highest BCUT2D eigenvalue weighted by molar-refractivity contribution is 5.66. The third-order valence-corrected chi connectivity index (χ3v) is 2.38. The molecule has 6 nitrogen and oxygen atoms in total. The number of hydrogen-bond acceptors (Lipinski definition) is 6. The summed E-state index contributed by atoms with van der Waals surface area (Å²) in [5.41, 5.74) is 0. The van der Waals surface area contributed by atoms with Crippen LogP contribution in [0.5, 0.6) is 0 Å². The van der Waals surface area contributed by atoms with Crippen LogP contribution in [0, 0.1) is 11.8 Å². The van der Waals surface area contributed by atoms with E-state index in [0.717, 1.165) is 0 Å². The Hall–Kier alpha value is -1.84. The second kappa shape index (κ2) is 8.35. The Morgan fingerprint density at radius 2 is 2.00 bits per heavy atom. The molecule has 0 fully saturated rings. The van der Waals surface area contributed by atoms with Crippen molar-refractivity contribution in [2.75, 3.05) is 13.2 Å². The molecule has 1 unspecified atom stereocenters. The van der Waals surface area contributed by atoms with Crippen molar-refractivity contribution in [2.24, 2.45) is 0 Å². The molecule has 0 bridgehead atoms. The van der Waals surface area contributed by atoms with E-state index in [-0.39, 0.29) is 13.2 Å². The molecule has 0 amide bonds. The fourth-order valence-corrected chi connectivity index (χ4v) is 1.55. The molecule has 0 aliphatic carbocycles. The maximum absolute atomic E-state index is 11.0. The van der Waals surface area contributed by atoms with Gasteiger partial charge in [0, 0.05) is 13.8 Å². The molecule has 0 aromatic heterocycles.